The molecule has 2 aliphatic rings. The lowest BCUT2D eigenvalue weighted by Gasteiger charge is -2.29. The summed E-state index contributed by atoms with van der Waals surface area (Å²) in [6, 6.07) is 11.1. The highest BCUT2D eigenvalue weighted by molar-refractivity contribution is 6.43. The number of fused-ring (bicyclic) bond motifs is 3. The molecule has 3 N–H and O–H groups in total. The van der Waals surface area contributed by atoms with Crippen molar-refractivity contribution >= 4 is 50.9 Å². The van der Waals surface area contributed by atoms with E-state index in [1.807, 2.05) is 11.0 Å². The van der Waals surface area contributed by atoms with Gasteiger partial charge in [-0.15, -0.1) is 0 Å². The normalized spacial score (nSPS) is 18.1. The van der Waals surface area contributed by atoms with Crippen molar-refractivity contribution in [3.8, 4) is 17.2 Å². The number of halogens is 3. The van der Waals surface area contributed by atoms with Crippen LogP contribution in [0.3, 0.4) is 0 Å². The number of nitriles is 1. The van der Waals surface area contributed by atoms with Gasteiger partial charge in [0.1, 0.15) is 5.52 Å². The number of benzene rings is 2. The lowest BCUT2D eigenvalue weighted by atomic mass is 9.92. The zero-order valence-corrected chi connectivity index (χ0v) is 27.1. The third kappa shape index (κ3) is 5.59. The third-order valence-corrected chi connectivity index (χ3v) is 10.2. The van der Waals surface area contributed by atoms with Crippen molar-refractivity contribution in [2.75, 3.05) is 13.1 Å². The van der Waals surface area contributed by atoms with Gasteiger partial charge in [0.2, 0.25) is 5.91 Å². The quantitative estimate of drug-likeness (QED) is 0.180. The molecule has 1 amide bonds. The Balaban J connectivity index is 1.72. The average molecular weight is 651 g/mol. The molecule has 7 nitrogen and oxygen atoms in total. The van der Waals surface area contributed by atoms with Gasteiger partial charge in [0.15, 0.2) is 5.82 Å². The monoisotopic (exact) mass is 649 g/mol. The van der Waals surface area contributed by atoms with E-state index in [1.165, 1.54) is 0 Å². The van der Waals surface area contributed by atoms with E-state index in [9.17, 15) is 15.2 Å². The molecular formula is C35H38Cl2FN5O2. The van der Waals surface area contributed by atoms with Crippen molar-refractivity contribution in [1.29, 1.82) is 5.26 Å². The molecule has 2 aromatic carbocycles. The summed E-state index contributed by atoms with van der Waals surface area (Å²) in [6.45, 7) is 4.90. The van der Waals surface area contributed by atoms with Crippen LogP contribution in [0.1, 0.15) is 93.9 Å². The van der Waals surface area contributed by atoms with Gasteiger partial charge in [-0.1, -0.05) is 42.3 Å². The van der Waals surface area contributed by atoms with E-state index in [0.717, 1.165) is 48.7 Å². The van der Waals surface area contributed by atoms with Crippen LogP contribution in [-0.2, 0) is 11.2 Å². The van der Waals surface area contributed by atoms with Gasteiger partial charge < -0.3 is 20.3 Å². The number of aryl methyl sites for hydroxylation is 1. The molecule has 0 spiro atoms. The molecule has 4 aromatic rings. The standard InChI is InChI=1S/C35H38Cl2FN5O2/c1-3-22(13-15-40)43-28(27-10-6-16-42(27)35(45)20-11-12-20)18-25-32(19(2)44)41-33-24(34(25)43)17-21(7-5-14-39)29(31(33)38)23-8-4-9-26(36)30(23)37/h4,8-9,17-20,22,27,44H,3,5-7,10-13,15-16,40H2,1-2H3. The Kier molecular flexibility index (Phi) is 9.09. The minimum absolute atomic E-state index is 0.0268. The van der Waals surface area contributed by atoms with Gasteiger partial charge >= 0.3 is 0 Å². The first-order chi connectivity index (χ1) is 21.7. The van der Waals surface area contributed by atoms with Gasteiger partial charge in [-0.25, -0.2) is 9.37 Å². The van der Waals surface area contributed by atoms with Crippen LogP contribution in [0.5, 0.6) is 0 Å². The fraction of sp³-hybridized carbons (Fsp3) is 0.457. The van der Waals surface area contributed by atoms with Crippen LogP contribution in [0.15, 0.2) is 30.3 Å². The van der Waals surface area contributed by atoms with Crippen LogP contribution in [0.25, 0.3) is 32.9 Å². The number of likely N-dealkylation sites (tertiary alicyclic amines) is 1. The second kappa shape index (κ2) is 12.9. The Morgan fingerprint density at radius 2 is 2.02 bits per heavy atom. The molecule has 2 aromatic heterocycles. The summed E-state index contributed by atoms with van der Waals surface area (Å²) in [5.41, 5.74) is 9.63. The second-order valence-corrected chi connectivity index (χ2v) is 13.1. The topological polar surface area (TPSA) is 108 Å². The maximum atomic E-state index is 17.0. The van der Waals surface area contributed by atoms with E-state index in [4.69, 9.17) is 33.9 Å². The summed E-state index contributed by atoms with van der Waals surface area (Å²) in [5.74, 6) is -0.285. The molecule has 6 rings (SSSR count). The van der Waals surface area contributed by atoms with Crippen LogP contribution in [0.2, 0.25) is 10.0 Å². The largest absolute Gasteiger partial charge is 0.387 e. The molecule has 3 unspecified atom stereocenters. The maximum absolute atomic E-state index is 17.0. The average Bonchev–Trinajstić information content (AvgIpc) is 3.63. The fourth-order valence-corrected chi connectivity index (χ4v) is 7.53. The Morgan fingerprint density at radius 1 is 1.24 bits per heavy atom. The molecule has 1 saturated carbocycles. The number of hydrogen-bond acceptors (Lipinski definition) is 5. The molecule has 0 bridgehead atoms. The molecule has 3 atom stereocenters. The molecular weight excluding hydrogens is 612 g/mol. The molecule has 0 radical (unpaired) electrons. The number of pyridine rings is 1. The number of hydrogen-bond donors (Lipinski definition) is 2. The molecule has 3 heterocycles. The highest BCUT2D eigenvalue weighted by atomic mass is 35.5. The van der Waals surface area contributed by atoms with Gasteiger partial charge in [0.05, 0.1) is 39.5 Å². The highest BCUT2D eigenvalue weighted by Crippen LogP contribution is 2.46. The minimum Gasteiger partial charge on any atom is -0.387 e. The van der Waals surface area contributed by atoms with Crippen LogP contribution in [0.4, 0.5) is 4.39 Å². The number of aliphatic hydroxyl groups is 1. The predicted octanol–water partition coefficient (Wildman–Crippen LogP) is 8.19. The first-order valence-corrected chi connectivity index (χ1v) is 16.7. The number of aromatic nitrogens is 2. The summed E-state index contributed by atoms with van der Waals surface area (Å²) in [6.07, 6.45) is 4.52. The van der Waals surface area contributed by atoms with Crippen LogP contribution in [0, 0.1) is 23.1 Å². The van der Waals surface area contributed by atoms with E-state index in [2.05, 4.69) is 23.6 Å². The van der Waals surface area contributed by atoms with E-state index < -0.39 is 11.9 Å². The predicted molar refractivity (Wildman–Crippen MR) is 177 cm³/mol. The lowest BCUT2D eigenvalue weighted by Crippen LogP contribution is -2.33. The zero-order valence-electron chi connectivity index (χ0n) is 25.6. The fourth-order valence-electron chi connectivity index (χ4n) is 7.13. The Labute approximate surface area is 272 Å². The van der Waals surface area contributed by atoms with Crippen LogP contribution in [-0.4, -0.2) is 38.6 Å². The highest BCUT2D eigenvalue weighted by Gasteiger charge is 2.41. The zero-order chi connectivity index (χ0) is 32.0. The second-order valence-electron chi connectivity index (χ2n) is 12.4. The lowest BCUT2D eigenvalue weighted by molar-refractivity contribution is -0.133. The van der Waals surface area contributed by atoms with E-state index >= 15 is 4.39 Å². The van der Waals surface area contributed by atoms with Crippen molar-refractivity contribution in [3.05, 3.63) is 63.1 Å². The van der Waals surface area contributed by atoms with Crippen LogP contribution >= 0.6 is 23.2 Å². The first kappa shape index (κ1) is 31.7. The number of nitrogens with two attached hydrogens (primary N) is 1. The smallest absolute Gasteiger partial charge is 0.226 e. The third-order valence-electron chi connectivity index (χ3n) is 9.41. The molecule has 236 valence electrons. The minimum atomic E-state index is -0.987. The Hall–Kier alpha value is -3.22. The number of amides is 1. The molecule has 1 aliphatic carbocycles. The van der Waals surface area contributed by atoms with Crippen molar-refractivity contribution in [1.82, 2.24) is 14.5 Å². The van der Waals surface area contributed by atoms with Crippen molar-refractivity contribution in [2.24, 2.45) is 11.7 Å². The van der Waals surface area contributed by atoms with E-state index in [0.29, 0.717) is 53.2 Å². The number of carbonyl (C=O) groups excluding carboxylic acids is 1. The number of nitrogens with zero attached hydrogens (tertiary/aromatic N) is 4. The molecule has 10 heteroatoms. The molecule has 1 saturated heterocycles. The summed E-state index contributed by atoms with van der Waals surface area (Å²) < 4.78 is 19.3. The summed E-state index contributed by atoms with van der Waals surface area (Å²) in [5, 5.41) is 22.4. The van der Waals surface area contributed by atoms with Gasteiger partial charge in [-0.05, 0) is 82.2 Å². The molecule has 1 aliphatic heterocycles. The van der Waals surface area contributed by atoms with Gasteiger partial charge in [-0.2, -0.15) is 5.26 Å². The van der Waals surface area contributed by atoms with Gasteiger partial charge in [0, 0.05) is 52.5 Å². The SMILES string of the molecule is CCC(CCN)n1c(C2CCCN2C(=O)C2CC2)cc2c(C(C)O)nc3c(F)c(-c4cccc(Cl)c4Cl)c(CCC#N)cc3c21. The van der Waals surface area contributed by atoms with Crippen molar-refractivity contribution in [2.45, 2.75) is 83.4 Å². The van der Waals surface area contributed by atoms with Crippen molar-refractivity contribution in [3.63, 3.8) is 0 Å². The summed E-state index contributed by atoms with van der Waals surface area (Å²) >= 11 is 13.0. The summed E-state index contributed by atoms with van der Waals surface area (Å²) in [4.78, 5) is 20.2. The van der Waals surface area contributed by atoms with Gasteiger partial charge in [-0.3, -0.25) is 4.79 Å². The Morgan fingerprint density at radius 3 is 2.69 bits per heavy atom. The number of aliphatic hydroxyl groups excluding tert-OH is 1. The first-order valence-electron chi connectivity index (χ1n) is 15.9. The van der Waals surface area contributed by atoms with Gasteiger partial charge in [0.25, 0.3) is 0 Å². The Bertz CT molecular complexity index is 1830. The van der Waals surface area contributed by atoms with Crippen LogP contribution < -0.4 is 5.73 Å². The number of carbonyl (C=O) groups is 1. The van der Waals surface area contributed by atoms with Crippen molar-refractivity contribution < 1.29 is 14.3 Å². The summed E-state index contributed by atoms with van der Waals surface area (Å²) in [7, 11) is 0. The molecule has 45 heavy (non-hydrogen) atoms. The van der Waals surface area contributed by atoms with E-state index in [-0.39, 0.29) is 46.4 Å². The molecule has 2 fully saturated rings. The maximum Gasteiger partial charge on any atom is 0.226 e. The van der Waals surface area contributed by atoms with E-state index in [1.54, 1.807) is 25.1 Å². The number of rotatable bonds is 10.